The Morgan fingerprint density at radius 1 is 0.360 bits per heavy atom. The molecule has 0 aliphatic rings. The van der Waals surface area contributed by atoms with Crippen molar-refractivity contribution in [1.82, 2.24) is 15.0 Å². The molecule has 0 N–H and O–H groups in total. The molecule has 0 bridgehead atoms. The first kappa shape index (κ1) is 28.6. The summed E-state index contributed by atoms with van der Waals surface area (Å²) < 4.78 is 8.80. The second-order valence-corrected chi connectivity index (χ2v) is 13.5. The molecule has 234 valence electrons. The van der Waals surface area contributed by atoms with Gasteiger partial charge in [-0.3, -0.25) is 0 Å². The van der Waals surface area contributed by atoms with Gasteiger partial charge < -0.3 is 4.42 Å². The summed E-state index contributed by atoms with van der Waals surface area (Å²) in [5.74, 6) is 1.98. The van der Waals surface area contributed by atoms with Crippen molar-refractivity contribution in [3.05, 3.63) is 164 Å². The van der Waals surface area contributed by atoms with E-state index in [1.807, 2.05) is 72.8 Å². The molecule has 0 unspecified atom stereocenters. The second kappa shape index (κ2) is 11.6. The van der Waals surface area contributed by atoms with Crippen LogP contribution in [0, 0.1) is 0 Å². The molecule has 0 amide bonds. The van der Waals surface area contributed by atoms with Crippen molar-refractivity contribution in [2.24, 2.45) is 0 Å². The number of hydrogen-bond acceptors (Lipinski definition) is 5. The molecule has 50 heavy (non-hydrogen) atoms. The SMILES string of the molecule is c1ccc(-c2nc(-c3ccccc3)nc(-c3ccc4c(c3)sc3cc(-c5cccc(-c6cccc7c6oc6ccccc67)c5)ccc34)n2)cc1. The Morgan fingerprint density at radius 2 is 0.880 bits per heavy atom. The number of furan rings is 1. The zero-order valence-electron chi connectivity index (χ0n) is 26.7. The third kappa shape index (κ3) is 4.87. The van der Waals surface area contributed by atoms with E-state index in [9.17, 15) is 0 Å². The Kier molecular flexibility index (Phi) is 6.64. The summed E-state index contributed by atoms with van der Waals surface area (Å²) in [5.41, 5.74) is 9.30. The Hall–Kier alpha value is -6.43. The molecule has 0 radical (unpaired) electrons. The van der Waals surface area contributed by atoms with Gasteiger partial charge in [-0.05, 0) is 41.0 Å². The molecule has 0 saturated carbocycles. The summed E-state index contributed by atoms with van der Waals surface area (Å²) in [6, 6.07) is 56.9. The zero-order valence-corrected chi connectivity index (χ0v) is 27.6. The number of hydrogen-bond donors (Lipinski definition) is 0. The average Bonchev–Trinajstić information content (AvgIpc) is 3.76. The van der Waals surface area contributed by atoms with E-state index in [-0.39, 0.29) is 0 Å². The van der Waals surface area contributed by atoms with Crippen LogP contribution >= 0.6 is 11.3 Å². The predicted octanol–water partition coefficient (Wildman–Crippen LogP) is 12.5. The van der Waals surface area contributed by atoms with Crippen LogP contribution in [0.3, 0.4) is 0 Å². The molecular formula is C45H27N3OS. The van der Waals surface area contributed by atoms with Crippen molar-refractivity contribution < 1.29 is 4.42 Å². The molecule has 0 saturated heterocycles. The van der Waals surface area contributed by atoms with E-state index in [4.69, 9.17) is 19.4 Å². The minimum atomic E-state index is 0.661. The maximum Gasteiger partial charge on any atom is 0.164 e. The number of nitrogens with zero attached hydrogens (tertiary/aromatic N) is 3. The monoisotopic (exact) mass is 657 g/mol. The lowest BCUT2D eigenvalue weighted by molar-refractivity contribution is 0.670. The fourth-order valence-electron chi connectivity index (χ4n) is 6.87. The van der Waals surface area contributed by atoms with Crippen LogP contribution in [-0.2, 0) is 0 Å². The number of fused-ring (bicyclic) bond motifs is 6. The third-order valence-corrected chi connectivity index (χ3v) is 10.5. The van der Waals surface area contributed by atoms with Crippen LogP contribution in [0.15, 0.2) is 168 Å². The number of rotatable bonds is 5. The number of thiophene rings is 1. The van der Waals surface area contributed by atoms with Crippen LogP contribution in [0.5, 0.6) is 0 Å². The van der Waals surface area contributed by atoms with Gasteiger partial charge in [-0.25, -0.2) is 15.0 Å². The highest BCUT2D eigenvalue weighted by atomic mass is 32.1. The molecular weight excluding hydrogens is 631 g/mol. The van der Waals surface area contributed by atoms with E-state index >= 15 is 0 Å². The van der Waals surface area contributed by atoms with Crippen LogP contribution in [0.4, 0.5) is 0 Å². The normalized spacial score (nSPS) is 11.6. The van der Waals surface area contributed by atoms with Gasteiger partial charge in [0.1, 0.15) is 11.2 Å². The second-order valence-electron chi connectivity index (χ2n) is 12.4. The number of benzene rings is 7. The maximum absolute atomic E-state index is 6.36. The minimum absolute atomic E-state index is 0.661. The molecule has 4 nitrogen and oxygen atoms in total. The Morgan fingerprint density at radius 3 is 1.60 bits per heavy atom. The molecule has 10 aromatic rings. The van der Waals surface area contributed by atoms with Gasteiger partial charge in [0, 0.05) is 53.2 Å². The highest BCUT2D eigenvalue weighted by Crippen LogP contribution is 2.40. The highest BCUT2D eigenvalue weighted by Gasteiger charge is 2.16. The smallest absolute Gasteiger partial charge is 0.164 e. The van der Waals surface area contributed by atoms with Gasteiger partial charge in [0.05, 0.1) is 0 Å². The lowest BCUT2D eigenvalue weighted by atomic mass is 9.97. The summed E-state index contributed by atoms with van der Waals surface area (Å²) >= 11 is 1.80. The third-order valence-electron chi connectivity index (χ3n) is 9.34. The van der Waals surface area contributed by atoms with Crippen molar-refractivity contribution in [1.29, 1.82) is 0 Å². The van der Waals surface area contributed by atoms with Crippen LogP contribution in [0.1, 0.15) is 0 Å². The fourth-order valence-corrected chi connectivity index (χ4v) is 8.06. The van der Waals surface area contributed by atoms with Gasteiger partial charge >= 0.3 is 0 Å². The molecule has 0 fully saturated rings. The van der Waals surface area contributed by atoms with Gasteiger partial charge in [0.15, 0.2) is 17.5 Å². The summed E-state index contributed by atoms with van der Waals surface area (Å²) in [4.78, 5) is 14.8. The van der Waals surface area contributed by atoms with Crippen LogP contribution in [-0.4, -0.2) is 15.0 Å². The molecule has 0 aliphatic carbocycles. The standard InChI is InChI=1S/C45H27N3OS/c1-3-11-28(12-4-1)43-46-44(29-13-5-2-6-14-29)48-45(47-43)33-22-24-37-36-23-21-31(26-40(36)50-41(37)27-33)30-15-9-16-32(25-30)34-18-10-19-38-35-17-7-8-20-39(35)49-42(34)38/h1-27H. The summed E-state index contributed by atoms with van der Waals surface area (Å²) in [6.07, 6.45) is 0. The molecule has 0 atom stereocenters. The molecule has 10 rings (SSSR count). The molecule has 0 aliphatic heterocycles. The van der Waals surface area contributed by atoms with Crippen molar-refractivity contribution in [3.8, 4) is 56.4 Å². The Bertz CT molecular complexity index is 2820. The van der Waals surface area contributed by atoms with Crippen molar-refractivity contribution >= 4 is 53.4 Å². The van der Waals surface area contributed by atoms with Gasteiger partial charge in [-0.15, -0.1) is 11.3 Å². The quantitative estimate of drug-likeness (QED) is 0.185. The Labute approximate surface area is 292 Å². The van der Waals surface area contributed by atoms with Gasteiger partial charge in [-0.2, -0.15) is 0 Å². The van der Waals surface area contributed by atoms with Gasteiger partial charge in [-0.1, -0.05) is 140 Å². The number of para-hydroxylation sites is 2. The first-order valence-electron chi connectivity index (χ1n) is 16.6. The highest BCUT2D eigenvalue weighted by molar-refractivity contribution is 7.25. The van der Waals surface area contributed by atoms with Crippen molar-refractivity contribution in [2.45, 2.75) is 0 Å². The van der Waals surface area contributed by atoms with E-state index in [2.05, 4.69) is 91.0 Å². The predicted molar refractivity (Wildman–Crippen MR) is 207 cm³/mol. The molecule has 3 heterocycles. The minimum Gasteiger partial charge on any atom is -0.455 e. The largest absolute Gasteiger partial charge is 0.455 e. The topological polar surface area (TPSA) is 51.8 Å². The average molecular weight is 658 g/mol. The van der Waals surface area contributed by atoms with Crippen LogP contribution in [0.25, 0.3) is 98.5 Å². The van der Waals surface area contributed by atoms with Gasteiger partial charge in [0.25, 0.3) is 0 Å². The van der Waals surface area contributed by atoms with E-state index in [0.717, 1.165) is 49.8 Å². The molecule has 5 heteroatoms. The van der Waals surface area contributed by atoms with E-state index in [1.54, 1.807) is 11.3 Å². The van der Waals surface area contributed by atoms with E-state index in [0.29, 0.717) is 17.5 Å². The van der Waals surface area contributed by atoms with E-state index in [1.165, 1.54) is 31.3 Å². The lowest BCUT2D eigenvalue weighted by Crippen LogP contribution is -1.99. The zero-order chi connectivity index (χ0) is 33.0. The number of aromatic nitrogens is 3. The van der Waals surface area contributed by atoms with Gasteiger partial charge in [0.2, 0.25) is 0 Å². The maximum atomic E-state index is 6.36. The van der Waals surface area contributed by atoms with Crippen molar-refractivity contribution in [2.75, 3.05) is 0 Å². The fraction of sp³-hybridized carbons (Fsp3) is 0. The first-order chi connectivity index (χ1) is 24.7. The first-order valence-corrected chi connectivity index (χ1v) is 17.4. The lowest BCUT2D eigenvalue weighted by Gasteiger charge is -2.08. The summed E-state index contributed by atoms with van der Waals surface area (Å²) in [6.45, 7) is 0. The molecule has 7 aromatic carbocycles. The van der Waals surface area contributed by atoms with Crippen LogP contribution < -0.4 is 0 Å². The van der Waals surface area contributed by atoms with E-state index < -0.39 is 0 Å². The molecule has 0 spiro atoms. The summed E-state index contributed by atoms with van der Waals surface area (Å²) in [7, 11) is 0. The van der Waals surface area contributed by atoms with Crippen molar-refractivity contribution in [3.63, 3.8) is 0 Å². The summed E-state index contributed by atoms with van der Waals surface area (Å²) in [5, 5.41) is 4.75. The van der Waals surface area contributed by atoms with Crippen LogP contribution in [0.2, 0.25) is 0 Å². The molecule has 3 aromatic heterocycles. The Balaban J connectivity index is 1.04.